The molecule has 0 aliphatic carbocycles. The predicted molar refractivity (Wildman–Crippen MR) is 204 cm³/mol. The molecule has 0 bridgehead atoms. The third kappa shape index (κ3) is 8.51. The van der Waals surface area contributed by atoms with Gasteiger partial charge in [0.2, 0.25) is 0 Å². The van der Waals surface area contributed by atoms with Crippen LogP contribution in [-0.2, 0) is 5.60 Å². The number of aliphatic hydroxyl groups is 1. The van der Waals surface area contributed by atoms with E-state index < -0.39 is 40.8 Å². The van der Waals surface area contributed by atoms with E-state index in [1.54, 1.807) is 73.7 Å². The van der Waals surface area contributed by atoms with Crippen LogP contribution in [0.25, 0.3) is 0 Å². The summed E-state index contributed by atoms with van der Waals surface area (Å²) in [5.74, 6) is -5.21. The summed E-state index contributed by atoms with van der Waals surface area (Å²) in [6, 6.07) is 29.3. The number of carbonyl (C=O) groups is 3. The third-order valence-electron chi connectivity index (χ3n) is 8.65. The van der Waals surface area contributed by atoms with E-state index in [4.69, 9.17) is 0 Å². The summed E-state index contributed by atoms with van der Waals surface area (Å²) >= 11 is 0. The second-order valence-electron chi connectivity index (χ2n) is 12.4. The van der Waals surface area contributed by atoms with Crippen LogP contribution in [-0.4, -0.2) is 53.7 Å². The lowest BCUT2D eigenvalue weighted by atomic mass is 9.79. The molecule has 57 heavy (non-hydrogen) atoms. The summed E-state index contributed by atoms with van der Waals surface area (Å²) in [6.07, 6.45) is 0. The van der Waals surface area contributed by atoms with Gasteiger partial charge in [0.05, 0.1) is 34.1 Å². The Hall–Kier alpha value is -8.11. The van der Waals surface area contributed by atoms with E-state index in [2.05, 4.69) is 30.7 Å². The van der Waals surface area contributed by atoms with E-state index in [0.29, 0.717) is 39.3 Å². The molecule has 0 aliphatic heterocycles. The van der Waals surface area contributed by atoms with E-state index in [1.807, 2.05) is 0 Å². The highest BCUT2D eigenvalue weighted by molar-refractivity contribution is 5.93. The van der Waals surface area contributed by atoms with Crippen molar-refractivity contribution in [2.45, 2.75) is 12.5 Å². The highest BCUT2D eigenvalue weighted by atomic mass is 16.4. The molecule has 0 fully saturated rings. The topological polar surface area (TPSA) is 267 Å². The van der Waals surface area contributed by atoms with Crippen molar-refractivity contribution in [1.82, 2.24) is 0 Å². The van der Waals surface area contributed by atoms with Crippen LogP contribution in [0.15, 0.2) is 152 Å². The molecule has 0 spiro atoms. The minimum Gasteiger partial charge on any atom is -0.507 e. The van der Waals surface area contributed by atoms with E-state index >= 15 is 0 Å². The number of aromatic carboxylic acids is 3. The number of rotatable bonds is 12. The molecule has 6 rings (SSSR count). The van der Waals surface area contributed by atoms with Crippen molar-refractivity contribution in [3.63, 3.8) is 0 Å². The number of azo groups is 3. The zero-order valence-corrected chi connectivity index (χ0v) is 29.6. The summed E-state index contributed by atoms with van der Waals surface area (Å²) in [7, 11) is 0. The number of hydrogen-bond acceptors (Lipinski definition) is 13. The molecule has 284 valence electrons. The maximum Gasteiger partial charge on any atom is 0.339 e. The van der Waals surface area contributed by atoms with Crippen molar-refractivity contribution < 1.29 is 50.1 Å². The standard InChI is InChI=1S/C41H30N6O10/c1-22-18-25(6-14-34(22)47-46-30-13-17-37(50)33(21-30)40(55)56)41(57,23-2-7-26(8-3-23)42-44-28-11-15-35(48)31(19-28)38(51)52)24-4-9-27(10-5-24)43-45-29-12-16-36(49)32(20-29)39(53)54/h2-21,48-50,57H,1H3,(H,51,52)(H,53,54)(H,55,56). The van der Waals surface area contributed by atoms with Gasteiger partial charge in [0, 0.05) is 0 Å². The molecule has 0 saturated carbocycles. The molecule has 6 aromatic rings. The van der Waals surface area contributed by atoms with Gasteiger partial charge in [0.15, 0.2) is 0 Å². The van der Waals surface area contributed by atoms with Gasteiger partial charge in [-0.2, -0.15) is 30.7 Å². The summed E-state index contributed by atoms with van der Waals surface area (Å²) in [5.41, 5.74) is 0.808. The van der Waals surface area contributed by atoms with Gasteiger partial charge in [-0.15, -0.1) is 0 Å². The molecular formula is C41H30N6O10. The maximum absolute atomic E-state index is 12.7. The Morgan fingerprint density at radius 1 is 0.421 bits per heavy atom. The maximum atomic E-state index is 12.7. The first-order chi connectivity index (χ1) is 27.2. The number of carboxylic acids is 3. The summed E-state index contributed by atoms with van der Waals surface area (Å²) in [5, 5.41) is 94.9. The van der Waals surface area contributed by atoms with E-state index in [9.17, 15) is 50.1 Å². The van der Waals surface area contributed by atoms with E-state index in [-0.39, 0.29) is 33.8 Å². The molecule has 0 unspecified atom stereocenters. The lowest BCUT2D eigenvalue weighted by Gasteiger charge is -2.30. The minimum absolute atomic E-state index is 0.191. The fourth-order valence-electron chi connectivity index (χ4n) is 5.65. The molecule has 0 aliphatic rings. The fourth-order valence-corrected chi connectivity index (χ4v) is 5.65. The Bertz CT molecular complexity index is 2510. The number of nitrogens with zero attached hydrogens (tertiary/aromatic N) is 6. The van der Waals surface area contributed by atoms with Crippen LogP contribution in [0, 0.1) is 6.92 Å². The van der Waals surface area contributed by atoms with Crippen molar-refractivity contribution in [1.29, 1.82) is 0 Å². The third-order valence-corrected chi connectivity index (χ3v) is 8.65. The molecule has 16 heteroatoms. The Labute approximate surface area is 322 Å². The average molecular weight is 767 g/mol. The van der Waals surface area contributed by atoms with Crippen molar-refractivity contribution in [3.8, 4) is 17.2 Å². The zero-order valence-electron chi connectivity index (χ0n) is 29.6. The second kappa shape index (κ2) is 16.1. The number of benzene rings is 6. The normalized spacial score (nSPS) is 12.6. The quantitative estimate of drug-likeness (QED) is 0.0457. The van der Waals surface area contributed by atoms with Gasteiger partial charge in [0.1, 0.15) is 39.5 Å². The predicted octanol–water partition coefficient (Wildman–Crippen LogP) is 9.74. The Balaban J connectivity index is 1.35. The SMILES string of the molecule is Cc1cc(C(O)(c2ccc(N=Nc3ccc(O)c(C(=O)O)c3)cc2)c2ccc(N=Nc3ccc(O)c(C(=O)O)c3)cc2)ccc1N=Nc1ccc(O)c(C(=O)O)c1. The summed E-state index contributed by atoms with van der Waals surface area (Å²) in [6.45, 7) is 1.75. The zero-order chi connectivity index (χ0) is 40.9. The molecule has 16 nitrogen and oxygen atoms in total. The number of phenols is 3. The van der Waals surface area contributed by atoms with Crippen LogP contribution in [0.3, 0.4) is 0 Å². The fraction of sp³-hybridized carbons (Fsp3) is 0.0488. The average Bonchev–Trinajstić information content (AvgIpc) is 3.20. The molecule has 0 amide bonds. The first kappa shape index (κ1) is 38.6. The van der Waals surface area contributed by atoms with Crippen LogP contribution in [0.5, 0.6) is 17.2 Å². The second-order valence-corrected chi connectivity index (χ2v) is 12.4. The minimum atomic E-state index is -1.79. The Kier molecular flexibility index (Phi) is 10.9. The molecule has 0 atom stereocenters. The Morgan fingerprint density at radius 3 is 1.09 bits per heavy atom. The van der Waals surface area contributed by atoms with Crippen LogP contribution < -0.4 is 0 Å². The highest BCUT2D eigenvalue weighted by Gasteiger charge is 2.34. The molecule has 0 heterocycles. The van der Waals surface area contributed by atoms with Gasteiger partial charge >= 0.3 is 17.9 Å². The lowest BCUT2D eigenvalue weighted by Crippen LogP contribution is -2.28. The first-order valence-corrected chi connectivity index (χ1v) is 16.7. The molecule has 0 radical (unpaired) electrons. The van der Waals surface area contributed by atoms with Gasteiger partial charge < -0.3 is 35.7 Å². The van der Waals surface area contributed by atoms with Crippen molar-refractivity contribution in [2.75, 3.05) is 0 Å². The van der Waals surface area contributed by atoms with Gasteiger partial charge in [-0.3, -0.25) is 0 Å². The van der Waals surface area contributed by atoms with Gasteiger partial charge in [-0.05, 0) is 114 Å². The van der Waals surface area contributed by atoms with Crippen LogP contribution >= 0.6 is 0 Å². The first-order valence-electron chi connectivity index (χ1n) is 16.7. The monoisotopic (exact) mass is 766 g/mol. The van der Waals surface area contributed by atoms with Gasteiger partial charge in [0.25, 0.3) is 0 Å². The van der Waals surface area contributed by atoms with Crippen LogP contribution in [0.2, 0.25) is 0 Å². The van der Waals surface area contributed by atoms with Crippen molar-refractivity contribution in [2.24, 2.45) is 30.7 Å². The molecule has 0 saturated heterocycles. The largest absolute Gasteiger partial charge is 0.507 e. The molecular weight excluding hydrogens is 736 g/mol. The van der Waals surface area contributed by atoms with Crippen molar-refractivity contribution in [3.05, 3.63) is 160 Å². The smallest absolute Gasteiger partial charge is 0.339 e. The molecule has 0 aromatic heterocycles. The van der Waals surface area contributed by atoms with E-state index in [0.717, 1.165) is 0 Å². The molecule has 6 aromatic carbocycles. The van der Waals surface area contributed by atoms with Gasteiger partial charge in [-0.1, -0.05) is 36.4 Å². The number of aromatic hydroxyl groups is 3. The highest BCUT2D eigenvalue weighted by Crippen LogP contribution is 2.40. The van der Waals surface area contributed by atoms with E-state index in [1.165, 1.54) is 54.6 Å². The van der Waals surface area contributed by atoms with Crippen LogP contribution in [0.4, 0.5) is 34.1 Å². The summed E-state index contributed by atoms with van der Waals surface area (Å²) in [4.78, 5) is 34.3. The van der Waals surface area contributed by atoms with Crippen LogP contribution in [0.1, 0.15) is 53.3 Å². The number of carboxylic acid groups (broad SMARTS) is 3. The van der Waals surface area contributed by atoms with Gasteiger partial charge in [-0.25, -0.2) is 14.4 Å². The lowest BCUT2D eigenvalue weighted by molar-refractivity contribution is 0.0682. The summed E-state index contributed by atoms with van der Waals surface area (Å²) < 4.78 is 0. The number of aryl methyl sites for hydroxylation is 1. The van der Waals surface area contributed by atoms with Crippen molar-refractivity contribution >= 4 is 52.0 Å². The Morgan fingerprint density at radius 2 is 0.737 bits per heavy atom. The molecule has 7 N–H and O–H groups in total. The number of hydrogen-bond donors (Lipinski definition) is 7.